The summed E-state index contributed by atoms with van der Waals surface area (Å²) < 4.78 is 0. The van der Waals surface area contributed by atoms with Crippen LogP contribution in [0.5, 0.6) is 0 Å². The van der Waals surface area contributed by atoms with Crippen LogP contribution in [0, 0.1) is 0 Å². The molecule has 0 fully saturated rings. The van der Waals surface area contributed by atoms with Crippen LogP contribution in [0.15, 0.2) is 71.7 Å². The number of hydrogen-bond donors (Lipinski definition) is 2. The molecule has 0 bridgehead atoms. The molecule has 1 unspecified atom stereocenters. The highest BCUT2D eigenvalue weighted by Crippen LogP contribution is 2.20. The molecule has 0 saturated carbocycles. The molecule has 0 heterocycles. The molecule has 156 valence electrons. The van der Waals surface area contributed by atoms with Crippen molar-refractivity contribution in [2.24, 2.45) is 4.99 Å². The average molecular weight is 403 g/mol. The van der Waals surface area contributed by atoms with Crippen molar-refractivity contribution in [3.05, 3.63) is 83.4 Å². The van der Waals surface area contributed by atoms with Crippen molar-refractivity contribution in [2.45, 2.75) is 19.4 Å². The van der Waals surface area contributed by atoms with Crippen LogP contribution in [0.3, 0.4) is 0 Å². The van der Waals surface area contributed by atoms with Gasteiger partial charge in [-0.1, -0.05) is 48.5 Å². The molecule has 1 amide bonds. The molecule has 5 heteroatoms. The minimum atomic E-state index is 0.0199. The topological polar surface area (TPSA) is 56.7 Å². The number of nitrogens with zero attached hydrogens (tertiary/aromatic N) is 2. The predicted octanol–water partition coefficient (Wildman–Crippen LogP) is 4.01. The van der Waals surface area contributed by atoms with E-state index in [0.29, 0.717) is 5.56 Å². The number of benzene rings is 3. The molecular formula is C25H30N4O. The average Bonchev–Trinajstić information content (AvgIpc) is 2.77. The van der Waals surface area contributed by atoms with Gasteiger partial charge in [-0.25, -0.2) is 0 Å². The van der Waals surface area contributed by atoms with E-state index >= 15 is 0 Å². The predicted molar refractivity (Wildman–Crippen MR) is 125 cm³/mol. The molecule has 3 aromatic carbocycles. The first-order valence-corrected chi connectivity index (χ1v) is 10.2. The summed E-state index contributed by atoms with van der Waals surface area (Å²) >= 11 is 0. The fourth-order valence-corrected chi connectivity index (χ4v) is 3.40. The zero-order chi connectivity index (χ0) is 21.5. The van der Waals surface area contributed by atoms with Gasteiger partial charge in [-0.05, 0) is 53.4 Å². The zero-order valence-electron chi connectivity index (χ0n) is 18.1. The van der Waals surface area contributed by atoms with Crippen LogP contribution in [0.4, 0.5) is 0 Å². The molecule has 5 nitrogen and oxygen atoms in total. The number of carbonyl (C=O) groups excluding carboxylic acids is 1. The summed E-state index contributed by atoms with van der Waals surface area (Å²) in [7, 11) is 5.31. The van der Waals surface area contributed by atoms with Crippen LogP contribution in [-0.4, -0.2) is 44.5 Å². The molecule has 0 aromatic heterocycles. The van der Waals surface area contributed by atoms with E-state index in [4.69, 9.17) is 0 Å². The maximum atomic E-state index is 12.1. The summed E-state index contributed by atoms with van der Waals surface area (Å²) in [6.45, 7) is 2.86. The Morgan fingerprint density at radius 1 is 1.00 bits per heavy atom. The first kappa shape index (κ1) is 21.4. The maximum Gasteiger partial charge on any atom is 0.253 e. The zero-order valence-corrected chi connectivity index (χ0v) is 18.1. The summed E-state index contributed by atoms with van der Waals surface area (Å²) in [5.41, 5.74) is 3.05. The Hall–Kier alpha value is -3.34. The molecule has 0 spiro atoms. The van der Waals surface area contributed by atoms with E-state index in [9.17, 15) is 4.79 Å². The number of fused-ring (bicyclic) bond motifs is 1. The van der Waals surface area contributed by atoms with Crippen molar-refractivity contribution in [3.63, 3.8) is 0 Å². The van der Waals surface area contributed by atoms with Crippen LogP contribution < -0.4 is 10.6 Å². The van der Waals surface area contributed by atoms with E-state index < -0.39 is 0 Å². The Kier molecular flexibility index (Phi) is 7.07. The molecule has 3 rings (SSSR count). The normalized spacial score (nSPS) is 12.5. The Morgan fingerprint density at radius 2 is 1.77 bits per heavy atom. The van der Waals surface area contributed by atoms with Gasteiger partial charge in [0, 0.05) is 33.3 Å². The van der Waals surface area contributed by atoms with Gasteiger partial charge in [-0.2, -0.15) is 0 Å². The van der Waals surface area contributed by atoms with Crippen LogP contribution in [0.25, 0.3) is 10.8 Å². The van der Waals surface area contributed by atoms with Crippen LogP contribution in [0.1, 0.15) is 34.5 Å². The van der Waals surface area contributed by atoms with E-state index in [1.807, 2.05) is 24.3 Å². The van der Waals surface area contributed by atoms with Crippen molar-refractivity contribution in [3.8, 4) is 0 Å². The fraction of sp³-hybridized carbons (Fsp3) is 0.280. The Balaban J connectivity index is 1.57. The van der Waals surface area contributed by atoms with Crippen LogP contribution >= 0.6 is 0 Å². The quantitative estimate of drug-likeness (QED) is 0.484. The first-order chi connectivity index (χ1) is 14.5. The Bertz CT molecular complexity index is 1040. The second-order valence-corrected chi connectivity index (χ2v) is 7.62. The second-order valence-electron chi connectivity index (χ2n) is 7.62. The number of amides is 1. The number of carbonyl (C=O) groups is 1. The second kappa shape index (κ2) is 9.92. The molecule has 0 aliphatic heterocycles. The fourth-order valence-electron chi connectivity index (χ4n) is 3.40. The summed E-state index contributed by atoms with van der Waals surface area (Å²) in [4.78, 5) is 18.1. The number of nitrogens with one attached hydrogen (secondary N) is 2. The molecule has 0 aliphatic rings. The van der Waals surface area contributed by atoms with E-state index in [1.54, 1.807) is 26.0 Å². The highest BCUT2D eigenvalue weighted by molar-refractivity contribution is 5.94. The lowest BCUT2D eigenvalue weighted by molar-refractivity contribution is 0.0827. The Labute approximate surface area is 178 Å². The third kappa shape index (κ3) is 5.38. The maximum absolute atomic E-state index is 12.1. The number of rotatable bonds is 6. The third-order valence-corrected chi connectivity index (χ3v) is 5.14. The SMILES string of the molecule is CN=C(NCCc1cccc(C(=O)N(C)C)c1)NC(C)c1ccc2ccccc2c1. The summed E-state index contributed by atoms with van der Waals surface area (Å²) in [6.07, 6.45) is 0.805. The Morgan fingerprint density at radius 3 is 2.50 bits per heavy atom. The summed E-state index contributed by atoms with van der Waals surface area (Å²) in [6, 6.07) is 22.8. The van der Waals surface area contributed by atoms with Crippen LogP contribution in [-0.2, 0) is 6.42 Å². The summed E-state index contributed by atoms with van der Waals surface area (Å²) in [5.74, 6) is 0.780. The lowest BCUT2D eigenvalue weighted by atomic mass is 10.0. The van der Waals surface area contributed by atoms with Gasteiger partial charge in [0.25, 0.3) is 5.91 Å². The van der Waals surface area contributed by atoms with E-state index in [0.717, 1.165) is 24.5 Å². The molecule has 3 aromatic rings. The number of hydrogen-bond acceptors (Lipinski definition) is 2. The van der Waals surface area contributed by atoms with Crippen molar-refractivity contribution in [1.29, 1.82) is 0 Å². The van der Waals surface area contributed by atoms with Gasteiger partial charge in [-0.3, -0.25) is 9.79 Å². The van der Waals surface area contributed by atoms with Crippen molar-refractivity contribution in [2.75, 3.05) is 27.7 Å². The lowest BCUT2D eigenvalue weighted by Gasteiger charge is -2.19. The van der Waals surface area contributed by atoms with Gasteiger partial charge >= 0.3 is 0 Å². The molecule has 30 heavy (non-hydrogen) atoms. The van der Waals surface area contributed by atoms with Crippen molar-refractivity contribution < 1.29 is 4.79 Å². The first-order valence-electron chi connectivity index (χ1n) is 10.2. The molecule has 0 aliphatic carbocycles. The van der Waals surface area contributed by atoms with E-state index in [-0.39, 0.29) is 11.9 Å². The van der Waals surface area contributed by atoms with E-state index in [2.05, 4.69) is 65.0 Å². The molecule has 1 atom stereocenters. The standard InChI is InChI=1S/C25H30N4O/c1-18(21-13-12-20-9-5-6-10-22(20)17-21)28-25(26-2)27-15-14-19-8-7-11-23(16-19)24(30)29(3)4/h5-13,16-18H,14-15H2,1-4H3,(H2,26,27,28). The lowest BCUT2D eigenvalue weighted by Crippen LogP contribution is -2.39. The smallest absolute Gasteiger partial charge is 0.253 e. The number of aliphatic imine (C=N–C) groups is 1. The van der Waals surface area contributed by atoms with Gasteiger partial charge in [0.1, 0.15) is 0 Å². The van der Waals surface area contributed by atoms with E-state index in [1.165, 1.54) is 16.3 Å². The van der Waals surface area contributed by atoms with Gasteiger partial charge in [0.15, 0.2) is 5.96 Å². The summed E-state index contributed by atoms with van der Waals surface area (Å²) in [5, 5.41) is 9.30. The van der Waals surface area contributed by atoms with Crippen molar-refractivity contribution >= 4 is 22.6 Å². The largest absolute Gasteiger partial charge is 0.356 e. The highest BCUT2D eigenvalue weighted by atomic mass is 16.2. The van der Waals surface area contributed by atoms with Crippen LogP contribution in [0.2, 0.25) is 0 Å². The van der Waals surface area contributed by atoms with Gasteiger partial charge < -0.3 is 15.5 Å². The molecular weight excluding hydrogens is 372 g/mol. The van der Waals surface area contributed by atoms with Gasteiger partial charge in [0.2, 0.25) is 0 Å². The number of guanidine groups is 1. The van der Waals surface area contributed by atoms with Crippen molar-refractivity contribution in [1.82, 2.24) is 15.5 Å². The molecule has 0 radical (unpaired) electrons. The van der Waals surface area contributed by atoms with Gasteiger partial charge in [0.05, 0.1) is 6.04 Å². The molecule has 2 N–H and O–H groups in total. The molecule has 0 saturated heterocycles. The highest BCUT2D eigenvalue weighted by Gasteiger charge is 2.10. The van der Waals surface area contributed by atoms with Gasteiger partial charge in [-0.15, -0.1) is 0 Å². The third-order valence-electron chi connectivity index (χ3n) is 5.14. The minimum absolute atomic E-state index is 0.0199. The minimum Gasteiger partial charge on any atom is -0.356 e. The monoisotopic (exact) mass is 402 g/mol.